The number of benzene rings is 1. The number of carbonyl (C=O) groups is 3. The van der Waals surface area contributed by atoms with Crippen molar-refractivity contribution in [2.24, 2.45) is 23.5 Å². The van der Waals surface area contributed by atoms with Crippen LogP contribution in [0.1, 0.15) is 72.0 Å². The van der Waals surface area contributed by atoms with Crippen LogP contribution in [-0.2, 0) is 28.7 Å². The fraction of sp³-hybridized carbons (Fsp3) is 0.552. The Hall–Kier alpha value is -3.38. The number of aliphatic hydroxyl groups is 3. The van der Waals surface area contributed by atoms with Gasteiger partial charge in [0.15, 0.2) is 11.4 Å². The number of nitrogens with two attached hydrogens (primary N) is 1. The van der Waals surface area contributed by atoms with E-state index in [0.29, 0.717) is 12.5 Å². The number of phenols is 1. The van der Waals surface area contributed by atoms with E-state index in [1.54, 1.807) is 11.9 Å². The summed E-state index contributed by atoms with van der Waals surface area (Å²) in [6.07, 6.45) is -0.662. The highest BCUT2D eigenvalue weighted by Gasteiger charge is 2.60. The SMILES string of the molecule is CN(Cc1cc(O)c2c(c1C(F)(F)F)CC1C[C@H]3CC(O)=C(C(N)=O)C(=O)[C@@]3(O)C(O)=C1C2=O)CC1CCCCC1. The predicted molar refractivity (Wildman–Crippen MR) is 139 cm³/mol. The molecule has 1 amide bonds. The normalized spacial score (nSPS) is 27.2. The van der Waals surface area contributed by atoms with Crippen LogP contribution in [0.3, 0.4) is 0 Å². The molecule has 0 radical (unpaired) electrons. The molecule has 5 rings (SSSR count). The molecule has 0 bridgehead atoms. The predicted octanol–water partition coefficient (Wildman–Crippen LogP) is 3.61. The van der Waals surface area contributed by atoms with E-state index in [2.05, 4.69) is 0 Å². The zero-order valence-corrected chi connectivity index (χ0v) is 22.6. The number of fused-ring (bicyclic) bond motifs is 3. The number of aliphatic hydroxyl groups excluding tert-OH is 2. The molecule has 12 heteroatoms. The zero-order valence-electron chi connectivity index (χ0n) is 22.6. The second kappa shape index (κ2) is 10.2. The number of alkyl halides is 3. The van der Waals surface area contributed by atoms with Crippen molar-refractivity contribution in [2.75, 3.05) is 13.6 Å². The first-order valence-electron chi connectivity index (χ1n) is 13.8. The molecule has 0 aromatic heterocycles. The third-order valence-corrected chi connectivity index (χ3v) is 9.16. The molecule has 0 saturated heterocycles. The summed E-state index contributed by atoms with van der Waals surface area (Å²) in [6, 6.07) is 0.924. The number of rotatable bonds is 5. The molecular formula is C29H33F3N2O7. The number of nitrogens with zero attached hydrogens (tertiary/aromatic N) is 1. The van der Waals surface area contributed by atoms with Crippen molar-refractivity contribution in [2.45, 2.75) is 69.7 Å². The maximum atomic E-state index is 14.6. The van der Waals surface area contributed by atoms with Gasteiger partial charge in [0.25, 0.3) is 5.91 Å². The summed E-state index contributed by atoms with van der Waals surface area (Å²) in [6.45, 7) is 0.487. The van der Waals surface area contributed by atoms with Gasteiger partial charge in [0, 0.05) is 31.0 Å². The van der Waals surface area contributed by atoms with Crippen LogP contribution >= 0.6 is 0 Å². The monoisotopic (exact) mass is 578 g/mol. The Kier molecular flexibility index (Phi) is 7.22. The van der Waals surface area contributed by atoms with Gasteiger partial charge >= 0.3 is 6.18 Å². The lowest BCUT2D eigenvalue weighted by Gasteiger charge is -2.45. The molecule has 0 heterocycles. The Labute approximate surface area is 234 Å². The van der Waals surface area contributed by atoms with E-state index in [1.807, 2.05) is 0 Å². The first-order chi connectivity index (χ1) is 19.2. The maximum absolute atomic E-state index is 14.6. The lowest BCUT2D eigenvalue weighted by atomic mass is 9.60. The van der Waals surface area contributed by atoms with Crippen LogP contribution in [0.15, 0.2) is 28.7 Å². The highest BCUT2D eigenvalue weighted by atomic mass is 19.4. The van der Waals surface area contributed by atoms with E-state index in [-0.39, 0.29) is 18.5 Å². The molecule has 4 aliphatic rings. The third kappa shape index (κ3) is 4.70. The number of hydrogen-bond donors (Lipinski definition) is 5. The quantitative estimate of drug-likeness (QED) is 0.331. The molecule has 222 valence electrons. The van der Waals surface area contributed by atoms with Crippen molar-refractivity contribution >= 4 is 17.5 Å². The smallest absolute Gasteiger partial charge is 0.417 e. The molecule has 4 aliphatic carbocycles. The second-order valence-electron chi connectivity index (χ2n) is 11.9. The number of allylic oxidation sites excluding steroid dienone is 2. The Morgan fingerprint density at radius 3 is 2.39 bits per heavy atom. The van der Waals surface area contributed by atoms with Gasteiger partial charge < -0.3 is 31.1 Å². The van der Waals surface area contributed by atoms with Crippen molar-refractivity contribution < 1.29 is 48.0 Å². The molecule has 1 fully saturated rings. The van der Waals surface area contributed by atoms with E-state index in [9.17, 15) is 48.0 Å². The lowest BCUT2D eigenvalue weighted by molar-refractivity contribution is -0.144. The zero-order chi connectivity index (χ0) is 30.0. The molecule has 1 aromatic carbocycles. The van der Waals surface area contributed by atoms with E-state index in [0.717, 1.165) is 38.2 Å². The van der Waals surface area contributed by atoms with E-state index in [4.69, 9.17) is 5.73 Å². The molecule has 0 spiro atoms. The van der Waals surface area contributed by atoms with Crippen LogP contribution in [0.2, 0.25) is 0 Å². The molecule has 41 heavy (non-hydrogen) atoms. The summed E-state index contributed by atoms with van der Waals surface area (Å²) >= 11 is 0. The summed E-state index contributed by atoms with van der Waals surface area (Å²) in [5.74, 6) is -8.28. The standard InChI is InChI=1S/C29H33F3N2O7/c1-34(11-13-5-3-2-4-6-13)12-15-9-18(35)21-17(23(15)29(30,31)32)8-14-7-16-10-19(36)22(27(33)40)26(39)28(16,41)25(38)20(14)24(21)37/h9,13-14,16,35-36,38,41H,2-8,10-12H2,1H3,(H2,33,40)/t14?,16-,28-/m0/s1. The van der Waals surface area contributed by atoms with Crippen molar-refractivity contribution in [1.82, 2.24) is 4.90 Å². The minimum absolute atomic E-state index is 0.107. The van der Waals surface area contributed by atoms with Crippen molar-refractivity contribution in [1.29, 1.82) is 0 Å². The molecule has 1 saturated carbocycles. The number of primary amides is 1. The number of carbonyl (C=O) groups excluding carboxylic acids is 3. The number of phenolic OH excluding ortho intramolecular Hbond substituents is 1. The topological polar surface area (TPSA) is 161 Å². The third-order valence-electron chi connectivity index (χ3n) is 9.16. The summed E-state index contributed by atoms with van der Waals surface area (Å²) in [7, 11) is 1.72. The first-order valence-corrected chi connectivity index (χ1v) is 13.8. The van der Waals surface area contributed by atoms with Gasteiger partial charge in [0.1, 0.15) is 22.8 Å². The first kappa shape index (κ1) is 29.1. The molecule has 0 aliphatic heterocycles. The molecule has 3 atom stereocenters. The number of amides is 1. The number of Topliss-reactive ketones (excluding diaryl/α,β-unsaturated/α-hetero) is 2. The minimum atomic E-state index is -4.87. The Balaban J connectivity index is 1.57. The molecule has 6 N–H and O–H groups in total. The van der Waals surface area contributed by atoms with E-state index in [1.165, 1.54) is 0 Å². The van der Waals surface area contributed by atoms with Gasteiger partial charge in [-0.25, -0.2) is 0 Å². The van der Waals surface area contributed by atoms with Gasteiger partial charge in [-0.1, -0.05) is 19.3 Å². The number of hydrogen-bond acceptors (Lipinski definition) is 8. The number of ketones is 2. The molecule has 9 nitrogen and oxygen atoms in total. The minimum Gasteiger partial charge on any atom is -0.511 e. The van der Waals surface area contributed by atoms with Crippen molar-refractivity contribution in [3.05, 3.63) is 51.0 Å². The fourth-order valence-electron chi connectivity index (χ4n) is 7.40. The summed E-state index contributed by atoms with van der Waals surface area (Å²) in [4.78, 5) is 40.2. The van der Waals surface area contributed by atoms with E-state index >= 15 is 0 Å². The highest BCUT2D eigenvalue weighted by molar-refractivity contribution is 6.24. The summed E-state index contributed by atoms with van der Waals surface area (Å²) in [5.41, 5.74) is -1.27. The van der Waals surface area contributed by atoms with Gasteiger partial charge in [0.2, 0.25) is 5.78 Å². The van der Waals surface area contributed by atoms with Crippen molar-refractivity contribution in [3.63, 3.8) is 0 Å². The Morgan fingerprint density at radius 1 is 1.12 bits per heavy atom. The number of aromatic hydroxyl groups is 1. The van der Waals surface area contributed by atoms with Gasteiger partial charge in [-0.05, 0) is 61.8 Å². The lowest BCUT2D eigenvalue weighted by Crippen LogP contribution is -2.57. The Bertz CT molecular complexity index is 1390. The van der Waals surface area contributed by atoms with Crippen molar-refractivity contribution in [3.8, 4) is 5.75 Å². The van der Waals surface area contributed by atoms with Gasteiger partial charge in [-0.3, -0.25) is 14.4 Å². The molecule has 1 unspecified atom stereocenters. The van der Waals surface area contributed by atoms with Crippen LogP contribution in [-0.4, -0.2) is 62.0 Å². The molecule has 1 aromatic rings. The Morgan fingerprint density at radius 2 is 1.78 bits per heavy atom. The van der Waals surface area contributed by atoms with Gasteiger partial charge in [0.05, 0.1) is 11.1 Å². The second-order valence-corrected chi connectivity index (χ2v) is 11.9. The summed E-state index contributed by atoms with van der Waals surface area (Å²) in [5, 5.41) is 43.5. The largest absolute Gasteiger partial charge is 0.511 e. The highest BCUT2D eigenvalue weighted by Crippen LogP contribution is 2.53. The van der Waals surface area contributed by atoms with Crippen LogP contribution in [0.25, 0.3) is 0 Å². The maximum Gasteiger partial charge on any atom is 0.417 e. The summed E-state index contributed by atoms with van der Waals surface area (Å²) < 4.78 is 43.8. The van der Waals surface area contributed by atoms with Crippen LogP contribution in [0, 0.1) is 17.8 Å². The van der Waals surface area contributed by atoms with E-state index < -0.39 is 99.0 Å². The molecular weight excluding hydrogens is 545 g/mol. The number of halogens is 3. The van der Waals surface area contributed by atoms with Crippen LogP contribution < -0.4 is 5.73 Å². The average molecular weight is 579 g/mol. The van der Waals surface area contributed by atoms with Gasteiger partial charge in [-0.2, -0.15) is 13.2 Å². The van der Waals surface area contributed by atoms with Crippen LogP contribution in [0.4, 0.5) is 13.2 Å². The van der Waals surface area contributed by atoms with Crippen LogP contribution in [0.5, 0.6) is 5.75 Å². The van der Waals surface area contributed by atoms with Gasteiger partial charge in [-0.15, -0.1) is 0 Å². The average Bonchev–Trinajstić information content (AvgIpc) is 2.85. The fourth-order valence-corrected chi connectivity index (χ4v) is 7.40.